The number of pyridine rings is 1. The Morgan fingerprint density at radius 2 is 2.00 bits per heavy atom. The number of hydrogen-bond acceptors (Lipinski definition) is 4. The summed E-state index contributed by atoms with van der Waals surface area (Å²) >= 11 is 11.9. The molecular weight excluding hydrogens is 311 g/mol. The van der Waals surface area contributed by atoms with Crippen molar-refractivity contribution in [3.63, 3.8) is 0 Å². The van der Waals surface area contributed by atoms with Gasteiger partial charge in [0.25, 0.3) is 0 Å². The molecule has 0 saturated heterocycles. The van der Waals surface area contributed by atoms with E-state index in [1.807, 2.05) is 12.1 Å². The summed E-state index contributed by atoms with van der Waals surface area (Å²) in [5, 5.41) is 4.40. The topological polar surface area (TPSA) is 43.4 Å². The first-order valence-corrected chi connectivity index (χ1v) is 7.21. The molecule has 0 aliphatic heterocycles. The van der Waals surface area contributed by atoms with Crippen molar-refractivity contribution in [1.82, 2.24) is 10.3 Å². The van der Waals surface area contributed by atoms with Crippen molar-refractivity contribution in [3.8, 4) is 11.5 Å². The number of halogens is 2. The van der Waals surface area contributed by atoms with Crippen molar-refractivity contribution in [3.05, 3.63) is 52.3 Å². The van der Waals surface area contributed by atoms with Gasteiger partial charge in [0.1, 0.15) is 11.5 Å². The fraction of sp³-hybridized carbons (Fsp3) is 0.267. The highest BCUT2D eigenvalue weighted by Gasteiger charge is 2.07. The van der Waals surface area contributed by atoms with Gasteiger partial charge in [0, 0.05) is 43.0 Å². The molecule has 1 heterocycles. The molecule has 6 heteroatoms. The highest BCUT2D eigenvalue weighted by atomic mass is 35.5. The molecule has 112 valence electrons. The van der Waals surface area contributed by atoms with E-state index in [0.29, 0.717) is 34.7 Å². The van der Waals surface area contributed by atoms with Crippen LogP contribution in [-0.2, 0) is 11.3 Å². The third-order valence-corrected chi connectivity index (χ3v) is 3.18. The van der Waals surface area contributed by atoms with Crippen LogP contribution >= 0.6 is 23.2 Å². The Balaban J connectivity index is 2.11. The molecule has 0 amide bonds. The Bertz CT molecular complexity index is 594. The first kappa shape index (κ1) is 16.0. The summed E-state index contributed by atoms with van der Waals surface area (Å²) in [7, 11) is 1.67. The van der Waals surface area contributed by atoms with E-state index in [9.17, 15) is 0 Å². The average Bonchev–Trinajstić information content (AvgIpc) is 2.45. The van der Waals surface area contributed by atoms with E-state index in [-0.39, 0.29) is 0 Å². The molecule has 21 heavy (non-hydrogen) atoms. The number of methoxy groups -OCH3 is 1. The second-order valence-corrected chi connectivity index (χ2v) is 5.24. The van der Waals surface area contributed by atoms with Crippen molar-refractivity contribution in [2.24, 2.45) is 0 Å². The number of aromatic nitrogens is 1. The number of nitrogens with zero attached hydrogens (tertiary/aromatic N) is 1. The normalized spacial score (nSPS) is 10.6. The third-order valence-electron chi connectivity index (χ3n) is 2.74. The van der Waals surface area contributed by atoms with Crippen molar-refractivity contribution in [2.75, 3.05) is 20.3 Å². The van der Waals surface area contributed by atoms with Gasteiger partial charge in [-0.1, -0.05) is 29.3 Å². The molecule has 1 aromatic carbocycles. The molecule has 0 spiro atoms. The van der Waals surface area contributed by atoms with Crippen LogP contribution in [0, 0.1) is 0 Å². The van der Waals surface area contributed by atoms with Crippen LogP contribution in [0.5, 0.6) is 11.5 Å². The highest BCUT2D eigenvalue weighted by Crippen LogP contribution is 2.29. The van der Waals surface area contributed by atoms with Crippen LogP contribution in [0.1, 0.15) is 5.56 Å². The largest absolute Gasteiger partial charge is 0.455 e. The number of hydrogen-bond donors (Lipinski definition) is 1. The highest BCUT2D eigenvalue weighted by molar-refractivity contribution is 6.31. The van der Waals surface area contributed by atoms with Gasteiger partial charge >= 0.3 is 0 Å². The van der Waals surface area contributed by atoms with Crippen LogP contribution in [0.4, 0.5) is 0 Å². The lowest BCUT2D eigenvalue weighted by Gasteiger charge is -2.12. The summed E-state index contributed by atoms with van der Waals surface area (Å²) < 4.78 is 10.8. The Morgan fingerprint density at radius 3 is 2.76 bits per heavy atom. The van der Waals surface area contributed by atoms with Gasteiger partial charge in [0.05, 0.1) is 17.8 Å². The smallest absolute Gasteiger partial charge is 0.147 e. The maximum Gasteiger partial charge on any atom is 0.147 e. The van der Waals surface area contributed by atoms with Gasteiger partial charge in [-0.05, 0) is 12.1 Å². The lowest BCUT2D eigenvalue weighted by Crippen LogP contribution is -2.18. The molecule has 0 aliphatic rings. The van der Waals surface area contributed by atoms with Gasteiger partial charge in [-0.15, -0.1) is 0 Å². The zero-order chi connectivity index (χ0) is 15.1. The van der Waals surface area contributed by atoms with E-state index in [4.69, 9.17) is 32.7 Å². The maximum absolute atomic E-state index is 6.04. The minimum Gasteiger partial charge on any atom is -0.455 e. The molecule has 1 N–H and O–H groups in total. The third kappa shape index (κ3) is 5.17. The molecule has 0 radical (unpaired) electrons. The van der Waals surface area contributed by atoms with Crippen molar-refractivity contribution in [2.45, 2.75) is 6.54 Å². The van der Waals surface area contributed by atoms with Crippen LogP contribution in [0.2, 0.25) is 10.0 Å². The molecule has 0 unspecified atom stereocenters. The lowest BCUT2D eigenvalue weighted by molar-refractivity contribution is 0.199. The van der Waals surface area contributed by atoms with Crippen LogP contribution in [0.3, 0.4) is 0 Å². The number of nitrogens with one attached hydrogen (secondary N) is 1. The van der Waals surface area contributed by atoms with Gasteiger partial charge in [-0.25, -0.2) is 0 Å². The first-order chi connectivity index (χ1) is 10.2. The average molecular weight is 327 g/mol. The van der Waals surface area contributed by atoms with Crippen LogP contribution in [0.25, 0.3) is 0 Å². The Hall–Kier alpha value is -1.33. The summed E-state index contributed by atoms with van der Waals surface area (Å²) in [6.07, 6.45) is 3.16. The second-order valence-electron chi connectivity index (χ2n) is 4.36. The van der Waals surface area contributed by atoms with E-state index in [0.717, 1.165) is 12.1 Å². The van der Waals surface area contributed by atoms with E-state index >= 15 is 0 Å². The van der Waals surface area contributed by atoms with Gasteiger partial charge in [-0.2, -0.15) is 0 Å². The number of rotatable bonds is 7. The molecule has 2 rings (SSSR count). The summed E-state index contributed by atoms with van der Waals surface area (Å²) in [5.74, 6) is 1.25. The summed E-state index contributed by atoms with van der Waals surface area (Å²) in [4.78, 5) is 4.00. The minimum absolute atomic E-state index is 0.522. The number of benzene rings is 1. The quantitative estimate of drug-likeness (QED) is 0.783. The maximum atomic E-state index is 6.04. The first-order valence-electron chi connectivity index (χ1n) is 6.45. The van der Waals surface area contributed by atoms with Crippen molar-refractivity contribution in [1.29, 1.82) is 0 Å². The summed E-state index contributed by atoms with van der Waals surface area (Å²) in [6, 6.07) is 7.24. The van der Waals surface area contributed by atoms with E-state index in [2.05, 4.69) is 10.3 Å². The van der Waals surface area contributed by atoms with E-state index in [1.54, 1.807) is 31.6 Å². The van der Waals surface area contributed by atoms with Crippen molar-refractivity contribution < 1.29 is 9.47 Å². The molecule has 0 atom stereocenters. The standard InChI is InChI=1S/C15H16Cl2N2O2/c1-20-5-4-18-8-11-2-3-12(16)7-15(11)21-14-6-13(17)9-19-10-14/h2-3,6-7,9-10,18H,4-5,8H2,1H3. The Labute approximate surface area is 134 Å². The van der Waals surface area contributed by atoms with Crippen LogP contribution < -0.4 is 10.1 Å². The van der Waals surface area contributed by atoms with Gasteiger partial charge in [0.15, 0.2) is 0 Å². The van der Waals surface area contributed by atoms with Gasteiger partial charge in [-0.3, -0.25) is 4.98 Å². The molecule has 0 fully saturated rings. The van der Waals surface area contributed by atoms with Crippen LogP contribution in [0.15, 0.2) is 36.7 Å². The summed E-state index contributed by atoms with van der Waals surface area (Å²) in [6.45, 7) is 2.07. The lowest BCUT2D eigenvalue weighted by atomic mass is 10.2. The predicted octanol–water partition coefficient (Wildman–Crippen LogP) is 3.92. The number of ether oxygens (including phenoxy) is 2. The van der Waals surface area contributed by atoms with Gasteiger partial charge < -0.3 is 14.8 Å². The Kier molecular flexibility index (Phi) is 6.26. The molecule has 0 saturated carbocycles. The molecule has 0 bridgehead atoms. The fourth-order valence-corrected chi connectivity index (χ4v) is 2.07. The zero-order valence-corrected chi connectivity index (χ0v) is 13.1. The second kappa shape index (κ2) is 8.20. The predicted molar refractivity (Wildman–Crippen MR) is 84.4 cm³/mol. The molecule has 2 aromatic rings. The van der Waals surface area contributed by atoms with E-state index in [1.165, 1.54) is 0 Å². The molecule has 4 nitrogen and oxygen atoms in total. The monoisotopic (exact) mass is 326 g/mol. The molecule has 0 aliphatic carbocycles. The van der Waals surface area contributed by atoms with Crippen LogP contribution in [-0.4, -0.2) is 25.2 Å². The van der Waals surface area contributed by atoms with Crippen molar-refractivity contribution >= 4 is 23.2 Å². The minimum atomic E-state index is 0.522. The summed E-state index contributed by atoms with van der Waals surface area (Å²) in [5.41, 5.74) is 0.996. The molecular formula is C15H16Cl2N2O2. The molecule has 1 aromatic heterocycles. The fourth-order valence-electron chi connectivity index (χ4n) is 1.74. The SMILES string of the molecule is COCCNCc1ccc(Cl)cc1Oc1cncc(Cl)c1. The van der Waals surface area contributed by atoms with Gasteiger partial charge in [0.2, 0.25) is 0 Å². The Morgan fingerprint density at radius 1 is 1.14 bits per heavy atom. The van der Waals surface area contributed by atoms with E-state index < -0.39 is 0 Å². The zero-order valence-electron chi connectivity index (χ0n) is 11.6.